The topological polar surface area (TPSA) is 105 Å². The molecule has 0 aromatic carbocycles. The molecule has 0 aliphatic heterocycles. The van der Waals surface area contributed by atoms with E-state index >= 15 is 0 Å². The second-order valence-corrected chi connectivity index (χ2v) is 6.34. The fourth-order valence-electron chi connectivity index (χ4n) is 2.38. The summed E-state index contributed by atoms with van der Waals surface area (Å²) in [4.78, 5) is 44.4. The van der Waals surface area contributed by atoms with Crippen LogP contribution in [0, 0.1) is 0 Å². The summed E-state index contributed by atoms with van der Waals surface area (Å²) in [6, 6.07) is 0. The summed E-state index contributed by atoms with van der Waals surface area (Å²) in [5.41, 5.74) is 0. The van der Waals surface area contributed by atoms with Gasteiger partial charge in [-0.3, -0.25) is 14.4 Å². The molecule has 0 amide bonds. The predicted octanol–water partition coefficient (Wildman–Crippen LogP) is 3.57. The molecule has 2 atom stereocenters. The van der Waals surface area contributed by atoms with Gasteiger partial charge in [-0.1, -0.05) is 31.8 Å². The maximum Gasteiger partial charge on any atom is 0.333 e. The Morgan fingerprint density at radius 2 is 1.21 bits per heavy atom. The van der Waals surface area contributed by atoms with Crippen molar-refractivity contribution in [3.63, 3.8) is 0 Å². The van der Waals surface area contributed by atoms with Crippen LogP contribution in [0.15, 0.2) is 12.2 Å². The number of hydrogen-bond donors (Lipinski definition) is 0. The highest BCUT2D eigenvalue weighted by molar-refractivity contribution is 5.82. The third kappa shape index (κ3) is 17.1. The molecule has 0 aromatic heterocycles. The van der Waals surface area contributed by atoms with Gasteiger partial charge in [0.05, 0.1) is 0 Å². The average molecular weight is 400 g/mol. The third-order valence-corrected chi connectivity index (χ3v) is 3.50. The van der Waals surface area contributed by atoms with Crippen LogP contribution >= 0.6 is 0 Å². The minimum absolute atomic E-state index is 0.308. The molecule has 0 aromatic rings. The Labute approximate surface area is 166 Å². The minimum atomic E-state index is -0.892. The lowest BCUT2D eigenvalue weighted by molar-refractivity contribution is -0.183. The molecule has 0 aliphatic rings. The molecule has 0 heterocycles. The van der Waals surface area contributed by atoms with Gasteiger partial charge < -0.3 is 18.9 Å². The number of esters is 4. The summed E-state index contributed by atoms with van der Waals surface area (Å²) in [5.74, 6) is -1.89. The highest BCUT2D eigenvalue weighted by atomic mass is 16.7. The summed E-state index contributed by atoms with van der Waals surface area (Å²) in [6.07, 6.45) is 8.09. The average Bonchev–Trinajstić information content (AvgIpc) is 2.54. The van der Waals surface area contributed by atoms with Crippen molar-refractivity contribution in [2.45, 2.75) is 91.6 Å². The summed E-state index contributed by atoms with van der Waals surface area (Å²) in [6.45, 7) is 5.50. The number of carbonyl (C=O) groups excluding carboxylic acids is 4. The molecule has 0 radical (unpaired) electrons. The van der Waals surface area contributed by atoms with Gasteiger partial charge in [0.15, 0.2) is 0 Å². The van der Waals surface area contributed by atoms with Gasteiger partial charge in [0.25, 0.3) is 0 Å². The Hall–Kier alpha value is -2.38. The van der Waals surface area contributed by atoms with Crippen LogP contribution in [0.1, 0.15) is 79.1 Å². The van der Waals surface area contributed by atoms with Crippen molar-refractivity contribution in [2.75, 3.05) is 0 Å². The Bertz CT molecular complexity index is 526. The standard InChI is InChI=1S/C20H32O8/c1-15(21)25-17(3)27-19(23)13-11-9-7-5-6-8-10-12-14-20(24)28-18(4)26-16(2)22/h11,13,17-18H,5-10,12,14H2,1-4H3. The fraction of sp³-hybridized carbons (Fsp3) is 0.700. The first-order chi connectivity index (χ1) is 13.2. The van der Waals surface area contributed by atoms with Crippen molar-refractivity contribution in [2.24, 2.45) is 0 Å². The molecule has 8 nitrogen and oxygen atoms in total. The van der Waals surface area contributed by atoms with Crippen molar-refractivity contribution < 1.29 is 38.1 Å². The van der Waals surface area contributed by atoms with Gasteiger partial charge in [0, 0.05) is 40.2 Å². The zero-order chi connectivity index (χ0) is 21.4. The maximum atomic E-state index is 11.5. The molecule has 0 aliphatic carbocycles. The van der Waals surface area contributed by atoms with Gasteiger partial charge in [-0.25, -0.2) is 4.79 Å². The second kappa shape index (κ2) is 15.7. The van der Waals surface area contributed by atoms with Crippen LogP contribution in [0.4, 0.5) is 0 Å². The van der Waals surface area contributed by atoms with Gasteiger partial charge in [-0.15, -0.1) is 0 Å². The summed E-state index contributed by atoms with van der Waals surface area (Å²) in [5, 5.41) is 0. The van der Waals surface area contributed by atoms with Crippen molar-refractivity contribution >= 4 is 23.9 Å². The number of hydrogen-bond acceptors (Lipinski definition) is 8. The molecule has 8 heteroatoms. The molecule has 0 fully saturated rings. The molecular formula is C20H32O8. The van der Waals surface area contributed by atoms with Crippen molar-refractivity contribution in [1.82, 2.24) is 0 Å². The van der Waals surface area contributed by atoms with Gasteiger partial charge in [-0.05, 0) is 19.3 Å². The summed E-state index contributed by atoms with van der Waals surface area (Å²) in [7, 11) is 0. The van der Waals surface area contributed by atoms with Crippen molar-refractivity contribution in [3.05, 3.63) is 12.2 Å². The zero-order valence-corrected chi connectivity index (χ0v) is 17.2. The molecule has 0 spiro atoms. The Morgan fingerprint density at radius 3 is 1.79 bits per heavy atom. The second-order valence-electron chi connectivity index (χ2n) is 6.34. The van der Waals surface area contributed by atoms with Crippen LogP contribution in [0.3, 0.4) is 0 Å². The minimum Gasteiger partial charge on any atom is -0.426 e. The number of unbranched alkanes of at least 4 members (excludes halogenated alkanes) is 6. The first-order valence-electron chi connectivity index (χ1n) is 9.61. The van der Waals surface area contributed by atoms with Gasteiger partial charge in [-0.2, -0.15) is 0 Å². The Kier molecular flexibility index (Phi) is 14.3. The number of allylic oxidation sites excluding steroid dienone is 1. The van der Waals surface area contributed by atoms with Crippen LogP contribution in [0.25, 0.3) is 0 Å². The van der Waals surface area contributed by atoms with Crippen LogP contribution in [-0.4, -0.2) is 36.5 Å². The zero-order valence-electron chi connectivity index (χ0n) is 17.2. The van der Waals surface area contributed by atoms with E-state index in [0.717, 1.165) is 44.9 Å². The monoisotopic (exact) mass is 400 g/mol. The van der Waals surface area contributed by atoms with Gasteiger partial charge in [0.2, 0.25) is 12.6 Å². The molecule has 160 valence electrons. The van der Waals surface area contributed by atoms with E-state index in [1.807, 2.05) is 0 Å². The quantitative estimate of drug-likeness (QED) is 0.189. The molecule has 0 rings (SSSR count). The van der Waals surface area contributed by atoms with E-state index in [9.17, 15) is 19.2 Å². The normalized spacial score (nSPS) is 12.9. The molecule has 2 unspecified atom stereocenters. The van der Waals surface area contributed by atoms with Crippen molar-refractivity contribution in [3.8, 4) is 0 Å². The van der Waals surface area contributed by atoms with Gasteiger partial charge >= 0.3 is 23.9 Å². The highest BCUT2D eigenvalue weighted by Crippen LogP contribution is 2.10. The fourth-order valence-corrected chi connectivity index (χ4v) is 2.38. The van der Waals surface area contributed by atoms with Crippen LogP contribution in [0.2, 0.25) is 0 Å². The molecule has 0 N–H and O–H groups in total. The van der Waals surface area contributed by atoms with E-state index in [0.29, 0.717) is 6.42 Å². The van der Waals surface area contributed by atoms with Crippen molar-refractivity contribution in [1.29, 1.82) is 0 Å². The number of rotatable bonds is 14. The van der Waals surface area contributed by atoms with Gasteiger partial charge in [0.1, 0.15) is 0 Å². The van der Waals surface area contributed by atoms with Crippen LogP contribution < -0.4 is 0 Å². The van der Waals surface area contributed by atoms with E-state index in [2.05, 4.69) is 0 Å². The van der Waals surface area contributed by atoms with E-state index in [1.165, 1.54) is 33.8 Å². The largest absolute Gasteiger partial charge is 0.426 e. The highest BCUT2D eigenvalue weighted by Gasteiger charge is 2.11. The molecule has 0 bridgehead atoms. The van der Waals surface area contributed by atoms with E-state index in [-0.39, 0.29) is 5.97 Å². The molecule has 28 heavy (non-hydrogen) atoms. The lowest BCUT2D eigenvalue weighted by Gasteiger charge is -2.12. The maximum absolute atomic E-state index is 11.5. The molecule has 0 saturated carbocycles. The number of carbonyl (C=O) groups is 4. The number of ether oxygens (including phenoxy) is 4. The van der Waals surface area contributed by atoms with E-state index < -0.39 is 30.5 Å². The first kappa shape index (κ1) is 25.6. The molecular weight excluding hydrogens is 368 g/mol. The van der Waals surface area contributed by atoms with Crippen LogP contribution in [0.5, 0.6) is 0 Å². The SMILES string of the molecule is CC(=O)OC(C)OC(=O)C=CCCCCCCCCC(=O)OC(C)OC(C)=O. The van der Waals surface area contributed by atoms with E-state index in [4.69, 9.17) is 18.9 Å². The third-order valence-electron chi connectivity index (χ3n) is 3.50. The smallest absolute Gasteiger partial charge is 0.333 e. The summed E-state index contributed by atoms with van der Waals surface area (Å²) >= 11 is 0. The lowest BCUT2D eigenvalue weighted by Crippen LogP contribution is -2.20. The Morgan fingerprint density at radius 1 is 0.714 bits per heavy atom. The van der Waals surface area contributed by atoms with E-state index in [1.54, 1.807) is 6.08 Å². The Balaban J connectivity index is 3.57. The summed E-state index contributed by atoms with van der Waals surface area (Å²) < 4.78 is 19.2. The van der Waals surface area contributed by atoms with Crippen LogP contribution in [-0.2, 0) is 38.1 Å². The predicted molar refractivity (Wildman–Crippen MR) is 101 cm³/mol. The molecule has 0 saturated heterocycles. The lowest BCUT2D eigenvalue weighted by atomic mass is 10.1. The first-order valence-corrected chi connectivity index (χ1v) is 9.61.